The predicted molar refractivity (Wildman–Crippen MR) is 81.8 cm³/mol. The van der Waals surface area contributed by atoms with Crippen molar-refractivity contribution in [3.8, 4) is 0 Å². The van der Waals surface area contributed by atoms with E-state index in [1.54, 1.807) is 6.92 Å². The highest BCUT2D eigenvalue weighted by Gasteiger charge is 2.27. The molecular weight excluding hydrogens is 260 g/mol. The fourth-order valence-electron chi connectivity index (χ4n) is 2.56. The van der Waals surface area contributed by atoms with Crippen molar-refractivity contribution < 1.29 is 4.79 Å². The van der Waals surface area contributed by atoms with E-state index in [1.165, 1.54) is 17.5 Å². The number of carbonyl (C=O) groups is 1. The molecule has 1 aromatic rings. The normalized spacial score (nSPS) is 16.2. The zero-order valence-electron chi connectivity index (χ0n) is 11.7. The van der Waals surface area contributed by atoms with E-state index in [2.05, 4.69) is 17.4 Å². The minimum atomic E-state index is -0.784. The van der Waals surface area contributed by atoms with Crippen molar-refractivity contribution in [1.82, 2.24) is 0 Å². The number of nitrogens with one attached hydrogen (secondary N) is 1. The Bertz CT molecular complexity index is 457. The first-order valence-corrected chi connectivity index (χ1v) is 6.75. The van der Waals surface area contributed by atoms with Crippen LogP contribution in [0.15, 0.2) is 18.2 Å². The van der Waals surface area contributed by atoms with E-state index in [1.807, 2.05) is 13.0 Å². The summed E-state index contributed by atoms with van der Waals surface area (Å²) in [5, 5.41) is 2.93. The molecular formula is C15H23ClN2O. The van der Waals surface area contributed by atoms with Gasteiger partial charge in [-0.05, 0) is 55.9 Å². The van der Waals surface area contributed by atoms with Crippen LogP contribution in [0.3, 0.4) is 0 Å². The molecule has 3 N–H and O–H groups in total. The highest BCUT2D eigenvalue weighted by molar-refractivity contribution is 5.97. The lowest BCUT2D eigenvalue weighted by Gasteiger charge is -2.23. The zero-order chi connectivity index (χ0) is 13.2. The number of benzene rings is 1. The van der Waals surface area contributed by atoms with Gasteiger partial charge in [0, 0.05) is 5.69 Å². The van der Waals surface area contributed by atoms with Crippen LogP contribution in [0.1, 0.15) is 44.2 Å². The summed E-state index contributed by atoms with van der Waals surface area (Å²) in [6, 6.07) is 6.18. The second kappa shape index (κ2) is 6.40. The van der Waals surface area contributed by atoms with Crippen LogP contribution in [-0.4, -0.2) is 11.4 Å². The maximum absolute atomic E-state index is 12.1. The number of nitrogens with two attached hydrogens (primary N) is 1. The summed E-state index contributed by atoms with van der Waals surface area (Å²) in [5.41, 5.74) is 8.88. The number of carbonyl (C=O) groups excluding carboxylic acids is 1. The van der Waals surface area contributed by atoms with Gasteiger partial charge in [-0.3, -0.25) is 4.79 Å². The molecule has 0 bridgehead atoms. The summed E-state index contributed by atoms with van der Waals surface area (Å²) in [4.78, 5) is 12.1. The van der Waals surface area contributed by atoms with Crippen molar-refractivity contribution in [3.63, 3.8) is 0 Å². The number of hydrogen-bond acceptors (Lipinski definition) is 2. The van der Waals surface area contributed by atoms with Gasteiger partial charge in [-0.1, -0.05) is 19.4 Å². The molecule has 106 valence electrons. The molecule has 1 aliphatic rings. The van der Waals surface area contributed by atoms with Crippen LogP contribution in [0, 0.1) is 0 Å². The molecule has 1 amide bonds. The Morgan fingerprint density at radius 3 is 2.74 bits per heavy atom. The zero-order valence-corrected chi connectivity index (χ0v) is 12.5. The molecule has 4 heteroatoms. The largest absolute Gasteiger partial charge is 0.324 e. The van der Waals surface area contributed by atoms with Crippen molar-refractivity contribution in [1.29, 1.82) is 0 Å². The van der Waals surface area contributed by atoms with Crippen LogP contribution in [0.4, 0.5) is 5.69 Å². The number of hydrogen-bond donors (Lipinski definition) is 2. The molecule has 0 heterocycles. The molecule has 0 aliphatic heterocycles. The molecule has 0 radical (unpaired) electrons. The quantitative estimate of drug-likeness (QED) is 0.892. The van der Waals surface area contributed by atoms with Crippen LogP contribution in [0.5, 0.6) is 0 Å². The van der Waals surface area contributed by atoms with Crippen molar-refractivity contribution in [2.24, 2.45) is 5.73 Å². The van der Waals surface area contributed by atoms with Gasteiger partial charge in [-0.2, -0.15) is 0 Å². The average Bonchev–Trinajstić information content (AvgIpc) is 2.76. The van der Waals surface area contributed by atoms with Crippen molar-refractivity contribution in [2.75, 3.05) is 5.32 Å². The second-order valence-electron chi connectivity index (χ2n) is 5.46. The first kappa shape index (κ1) is 16.0. The molecule has 0 saturated carbocycles. The van der Waals surface area contributed by atoms with Crippen LogP contribution in [0.25, 0.3) is 0 Å². The van der Waals surface area contributed by atoms with Gasteiger partial charge in [0.2, 0.25) is 5.91 Å². The Kier molecular flexibility index (Phi) is 5.39. The lowest BCUT2D eigenvalue weighted by Crippen LogP contribution is -2.48. The molecule has 0 spiro atoms. The summed E-state index contributed by atoms with van der Waals surface area (Å²) in [5.74, 6) is -0.0951. The SMILES string of the molecule is CCCC(C)(N)C(=O)Nc1ccc2c(c1)CCC2.Cl. The Balaban J connectivity index is 0.00000180. The third-order valence-corrected chi connectivity index (χ3v) is 3.64. The summed E-state index contributed by atoms with van der Waals surface area (Å²) >= 11 is 0. The lowest BCUT2D eigenvalue weighted by atomic mass is 9.96. The first-order chi connectivity index (χ1) is 8.53. The van der Waals surface area contributed by atoms with Gasteiger partial charge in [0.15, 0.2) is 0 Å². The summed E-state index contributed by atoms with van der Waals surface area (Å²) in [7, 11) is 0. The molecule has 1 aromatic carbocycles. The fraction of sp³-hybridized carbons (Fsp3) is 0.533. The monoisotopic (exact) mass is 282 g/mol. The molecule has 19 heavy (non-hydrogen) atoms. The lowest BCUT2D eigenvalue weighted by molar-refractivity contribution is -0.120. The van der Waals surface area contributed by atoms with E-state index in [9.17, 15) is 4.79 Å². The summed E-state index contributed by atoms with van der Waals surface area (Å²) < 4.78 is 0. The van der Waals surface area contributed by atoms with Crippen LogP contribution in [-0.2, 0) is 17.6 Å². The molecule has 2 rings (SSSR count). The Morgan fingerprint density at radius 2 is 2.05 bits per heavy atom. The van der Waals surface area contributed by atoms with Crippen LogP contribution in [0.2, 0.25) is 0 Å². The number of rotatable bonds is 4. The molecule has 3 nitrogen and oxygen atoms in total. The van der Waals surface area contributed by atoms with Gasteiger partial charge < -0.3 is 11.1 Å². The van der Waals surface area contributed by atoms with Crippen LogP contribution < -0.4 is 11.1 Å². The van der Waals surface area contributed by atoms with E-state index in [0.717, 1.165) is 24.9 Å². The second-order valence-corrected chi connectivity index (χ2v) is 5.46. The van der Waals surface area contributed by atoms with Gasteiger partial charge in [0.05, 0.1) is 5.54 Å². The number of amides is 1. The highest BCUT2D eigenvalue weighted by Crippen LogP contribution is 2.25. The van der Waals surface area contributed by atoms with E-state index < -0.39 is 5.54 Å². The van der Waals surface area contributed by atoms with E-state index >= 15 is 0 Å². The van der Waals surface area contributed by atoms with E-state index in [4.69, 9.17) is 5.73 Å². The Morgan fingerprint density at radius 1 is 1.37 bits per heavy atom. The van der Waals surface area contributed by atoms with Crippen molar-refractivity contribution in [2.45, 2.75) is 51.5 Å². The Labute approximate surface area is 121 Å². The molecule has 1 atom stereocenters. The topological polar surface area (TPSA) is 55.1 Å². The predicted octanol–water partition coefficient (Wildman–Crippen LogP) is 3.05. The highest BCUT2D eigenvalue weighted by atomic mass is 35.5. The van der Waals surface area contributed by atoms with Crippen molar-refractivity contribution in [3.05, 3.63) is 29.3 Å². The number of anilines is 1. The van der Waals surface area contributed by atoms with E-state index in [0.29, 0.717) is 6.42 Å². The molecule has 0 saturated heterocycles. The van der Waals surface area contributed by atoms with Gasteiger partial charge in [0.1, 0.15) is 0 Å². The molecule has 0 fully saturated rings. The first-order valence-electron chi connectivity index (χ1n) is 6.75. The van der Waals surface area contributed by atoms with Gasteiger partial charge in [-0.25, -0.2) is 0 Å². The third-order valence-electron chi connectivity index (χ3n) is 3.64. The van der Waals surface area contributed by atoms with Gasteiger partial charge >= 0.3 is 0 Å². The fourth-order valence-corrected chi connectivity index (χ4v) is 2.56. The van der Waals surface area contributed by atoms with Gasteiger partial charge in [0.25, 0.3) is 0 Å². The van der Waals surface area contributed by atoms with Gasteiger partial charge in [-0.15, -0.1) is 12.4 Å². The minimum absolute atomic E-state index is 0. The third kappa shape index (κ3) is 3.71. The summed E-state index contributed by atoms with van der Waals surface area (Å²) in [6.45, 7) is 3.83. The average molecular weight is 283 g/mol. The maximum atomic E-state index is 12.1. The standard InChI is InChI=1S/C15H22N2O.ClH/c1-3-9-15(2,16)14(18)17-13-8-7-11-5-4-6-12(11)10-13;/h7-8,10H,3-6,9,16H2,1-2H3,(H,17,18);1H. The number of aryl methyl sites for hydroxylation is 2. The maximum Gasteiger partial charge on any atom is 0.244 e. The minimum Gasteiger partial charge on any atom is -0.324 e. The molecule has 0 aromatic heterocycles. The molecule has 1 unspecified atom stereocenters. The van der Waals surface area contributed by atoms with E-state index in [-0.39, 0.29) is 18.3 Å². The number of halogens is 1. The van der Waals surface area contributed by atoms with Crippen molar-refractivity contribution >= 4 is 24.0 Å². The summed E-state index contributed by atoms with van der Waals surface area (Å²) in [6.07, 6.45) is 5.10. The molecule has 1 aliphatic carbocycles. The number of fused-ring (bicyclic) bond motifs is 1. The smallest absolute Gasteiger partial charge is 0.244 e. The van der Waals surface area contributed by atoms with Crippen LogP contribution >= 0.6 is 12.4 Å². The Hall–Kier alpha value is -1.06.